The van der Waals surface area contributed by atoms with Gasteiger partial charge < -0.3 is 23.8 Å². The Morgan fingerprint density at radius 1 is 1.00 bits per heavy atom. The number of carbonyl (C=O) groups is 1. The van der Waals surface area contributed by atoms with Crippen molar-refractivity contribution in [2.24, 2.45) is 0 Å². The van der Waals surface area contributed by atoms with E-state index in [1.54, 1.807) is 7.11 Å². The molecule has 0 fully saturated rings. The third-order valence-electron chi connectivity index (χ3n) is 5.79. The number of anilines is 1. The predicted octanol–water partition coefficient (Wildman–Crippen LogP) is 2.91. The molecule has 0 aromatic heterocycles. The number of rotatable bonds is 5. The van der Waals surface area contributed by atoms with Crippen LogP contribution in [0.25, 0.3) is 0 Å². The van der Waals surface area contributed by atoms with Gasteiger partial charge in [-0.25, -0.2) is 0 Å². The van der Waals surface area contributed by atoms with Crippen molar-refractivity contribution in [3.05, 3.63) is 47.5 Å². The first kappa shape index (κ1) is 17.4. The second kappa shape index (κ2) is 6.71. The molecule has 6 nitrogen and oxygen atoms in total. The molecule has 3 aliphatic heterocycles. The van der Waals surface area contributed by atoms with Crippen molar-refractivity contribution in [2.75, 3.05) is 45.0 Å². The fourth-order valence-corrected chi connectivity index (χ4v) is 4.45. The summed E-state index contributed by atoms with van der Waals surface area (Å²) in [5.74, 6) is 2.13. The van der Waals surface area contributed by atoms with E-state index in [0.717, 1.165) is 29.7 Å². The van der Waals surface area contributed by atoms with Crippen molar-refractivity contribution >= 4 is 11.6 Å². The van der Waals surface area contributed by atoms with Crippen LogP contribution in [0.3, 0.4) is 0 Å². The minimum atomic E-state index is -0.816. The van der Waals surface area contributed by atoms with Crippen LogP contribution in [-0.2, 0) is 14.9 Å². The third kappa shape index (κ3) is 2.41. The summed E-state index contributed by atoms with van der Waals surface area (Å²) in [5, 5.41) is 0. The molecule has 0 bridgehead atoms. The molecular weight excluding hydrogens is 358 g/mol. The van der Waals surface area contributed by atoms with E-state index in [-0.39, 0.29) is 5.91 Å². The smallest absolute Gasteiger partial charge is 0.245 e. The van der Waals surface area contributed by atoms with Gasteiger partial charge in [0, 0.05) is 37.6 Å². The first-order valence-corrected chi connectivity index (χ1v) is 9.73. The maximum atomic E-state index is 13.7. The molecule has 3 aliphatic rings. The van der Waals surface area contributed by atoms with E-state index in [1.165, 1.54) is 0 Å². The van der Waals surface area contributed by atoms with Gasteiger partial charge >= 0.3 is 0 Å². The Balaban J connectivity index is 1.57. The standard InChI is InChI=1S/C22H23NO5/c1-25-9-5-4-8-23-17-7-3-2-6-15(17)22(21(23)24)14-28-18-13-20-19(12-16(18)22)26-10-11-27-20/h2-3,6-7,12-13H,4-5,8-11,14H2,1H3. The van der Waals surface area contributed by atoms with Gasteiger partial charge in [-0.3, -0.25) is 4.79 Å². The average molecular weight is 381 g/mol. The van der Waals surface area contributed by atoms with E-state index in [9.17, 15) is 4.79 Å². The second-order valence-corrected chi connectivity index (χ2v) is 7.36. The van der Waals surface area contributed by atoms with Crippen LogP contribution in [-0.4, -0.2) is 46.0 Å². The third-order valence-corrected chi connectivity index (χ3v) is 5.79. The number of ether oxygens (including phenoxy) is 4. The Kier molecular flexibility index (Phi) is 4.16. The van der Waals surface area contributed by atoms with Gasteiger partial charge in [-0.1, -0.05) is 18.2 Å². The summed E-state index contributed by atoms with van der Waals surface area (Å²) in [4.78, 5) is 15.6. The van der Waals surface area contributed by atoms with Crippen LogP contribution in [0.15, 0.2) is 36.4 Å². The summed E-state index contributed by atoms with van der Waals surface area (Å²) in [6.45, 7) is 2.70. The molecule has 6 heteroatoms. The zero-order valence-electron chi connectivity index (χ0n) is 15.9. The lowest BCUT2D eigenvalue weighted by atomic mass is 9.77. The van der Waals surface area contributed by atoms with Gasteiger partial charge in [-0.2, -0.15) is 0 Å². The Hall–Kier alpha value is -2.73. The fourth-order valence-electron chi connectivity index (χ4n) is 4.45. The Bertz CT molecular complexity index is 927. The van der Waals surface area contributed by atoms with Gasteiger partial charge in [0.2, 0.25) is 5.91 Å². The molecule has 0 aliphatic carbocycles. The molecule has 1 spiro atoms. The van der Waals surface area contributed by atoms with Crippen LogP contribution in [0.1, 0.15) is 24.0 Å². The van der Waals surface area contributed by atoms with Gasteiger partial charge in [0.05, 0.1) is 0 Å². The van der Waals surface area contributed by atoms with Crippen molar-refractivity contribution in [2.45, 2.75) is 18.3 Å². The molecule has 146 valence electrons. The molecule has 2 aromatic rings. The molecule has 3 heterocycles. The lowest BCUT2D eigenvalue weighted by Gasteiger charge is -2.24. The number of fused-ring (bicyclic) bond motifs is 5. The summed E-state index contributed by atoms with van der Waals surface area (Å²) >= 11 is 0. The zero-order chi connectivity index (χ0) is 19.1. The number of nitrogens with zero attached hydrogens (tertiary/aromatic N) is 1. The van der Waals surface area contributed by atoms with Gasteiger partial charge in [-0.15, -0.1) is 0 Å². The van der Waals surface area contributed by atoms with E-state index < -0.39 is 5.41 Å². The van der Waals surface area contributed by atoms with Crippen LogP contribution in [0, 0.1) is 0 Å². The fraction of sp³-hybridized carbons (Fsp3) is 0.409. The number of amides is 1. The minimum Gasteiger partial charge on any atom is -0.491 e. The van der Waals surface area contributed by atoms with Crippen LogP contribution in [0.5, 0.6) is 17.2 Å². The van der Waals surface area contributed by atoms with Gasteiger partial charge in [0.25, 0.3) is 0 Å². The second-order valence-electron chi connectivity index (χ2n) is 7.36. The summed E-state index contributed by atoms with van der Waals surface area (Å²) in [6, 6.07) is 11.8. The van der Waals surface area contributed by atoms with Gasteiger partial charge in [-0.05, 0) is 30.5 Å². The van der Waals surface area contributed by atoms with Crippen molar-refractivity contribution < 1.29 is 23.7 Å². The molecule has 1 amide bonds. The maximum Gasteiger partial charge on any atom is 0.245 e. The number of hydrogen-bond donors (Lipinski definition) is 0. The first-order chi connectivity index (χ1) is 13.8. The molecule has 0 saturated carbocycles. The number of para-hydroxylation sites is 1. The van der Waals surface area contributed by atoms with Crippen LogP contribution in [0.4, 0.5) is 5.69 Å². The largest absolute Gasteiger partial charge is 0.491 e. The van der Waals surface area contributed by atoms with E-state index in [4.69, 9.17) is 18.9 Å². The quantitative estimate of drug-likeness (QED) is 0.746. The van der Waals surface area contributed by atoms with Crippen molar-refractivity contribution in [3.63, 3.8) is 0 Å². The van der Waals surface area contributed by atoms with E-state index in [2.05, 4.69) is 0 Å². The Morgan fingerprint density at radius 3 is 2.61 bits per heavy atom. The highest BCUT2D eigenvalue weighted by Crippen LogP contribution is 2.54. The molecule has 0 radical (unpaired) electrons. The van der Waals surface area contributed by atoms with Crippen LogP contribution >= 0.6 is 0 Å². The molecule has 0 N–H and O–H groups in total. The molecule has 1 unspecified atom stereocenters. The molecule has 28 heavy (non-hydrogen) atoms. The molecular formula is C22H23NO5. The number of benzene rings is 2. The average Bonchev–Trinajstić information content (AvgIpc) is 3.21. The zero-order valence-corrected chi connectivity index (χ0v) is 15.9. The monoisotopic (exact) mass is 381 g/mol. The highest BCUT2D eigenvalue weighted by Gasteiger charge is 2.57. The highest BCUT2D eigenvalue weighted by atomic mass is 16.6. The first-order valence-electron chi connectivity index (χ1n) is 9.73. The van der Waals surface area contributed by atoms with E-state index >= 15 is 0 Å². The van der Waals surface area contributed by atoms with Crippen LogP contribution in [0.2, 0.25) is 0 Å². The van der Waals surface area contributed by atoms with Crippen LogP contribution < -0.4 is 19.1 Å². The Labute approximate surface area is 163 Å². The Morgan fingerprint density at radius 2 is 1.79 bits per heavy atom. The molecule has 0 saturated heterocycles. The number of hydrogen-bond acceptors (Lipinski definition) is 5. The van der Waals surface area contributed by atoms with E-state index in [1.807, 2.05) is 41.3 Å². The van der Waals surface area contributed by atoms with Crippen molar-refractivity contribution in [3.8, 4) is 17.2 Å². The summed E-state index contributed by atoms with van der Waals surface area (Å²) in [6.07, 6.45) is 1.81. The SMILES string of the molecule is COCCCCN1C(=O)C2(COc3cc4c(cc32)OCCO4)c2ccccc21. The molecule has 2 aromatic carbocycles. The van der Waals surface area contributed by atoms with Crippen molar-refractivity contribution in [1.82, 2.24) is 0 Å². The lowest BCUT2D eigenvalue weighted by Crippen LogP contribution is -2.43. The normalized spacial score (nSPS) is 21.6. The maximum absolute atomic E-state index is 13.7. The predicted molar refractivity (Wildman–Crippen MR) is 104 cm³/mol. The summed E-state index contributed by atoms with van der Waals surface area (Å²) in [5.41, 5.74) is 2.02. The lowest BCUT2D eigenvalue weighted by molar-refractivity contribution is -0.122. The van der Waals surface area contributed by atoms with Gasteiger partial charge in [0.15, 0.2) is 11.5 Å². The summed E-state index contributed by atoms with van der Waals surface area (Å²) in [7, 11) is 1.70. The van der Waals surface area contributed by atoms with Gasteiger partial charge in [0.1, 0.15) is 31.0 Å². The highest BCUT2D eigenvalue weighted by molar-refractivity contribution is 6.11. The number of methoxy groups -OCH3 is 1. The summed E-state index contributed by atoms with van der Waals surface area (Å²) < 4.78 is 22.6. The molecule has 1 atom stereocenters. The van der Waals surface area contributed by atoms with Crippen molar-refractivity contribution in [1.29, 1.82) is 0 Å². The number of carbonyl (C=O) groups excluding carboxylic acids is 1. The topological polar surface area (TPSA) is 57.2 Å². The van der Waals surface area contributed by atoms with E-state index in [0.29, 0.717) is 50.2 Å². The minimum absolute atomic E-state index is 0.0709. The molecule has 5 rings (SSSR count). The number of unbranched alkanes of at least 4 members (excludes halogenated alkanes) is 1.